The first kappa shape index (κ1) is 12.9. The summed E-state index contributed by atoms with van der Waals surface area (Å²) in [7, 11) is 0. The maximum absolute atomic E-state index is 6.45. The maximum atomic E-state index is 6.45. The average Bonchev–Trinajstić information content (AvgIpc) is 2.93. The summed E-state index contributed by atoms with van der Waals surface area (Å²) in [6.45, 7) is 2.17. The van der Waals surface area contributed by atoms with Crippen LogP contribution in [-0.4, -0.2) is 0 Å². The summed E-state index contributed by atoms with van der Waals surface area (Å²) < 4.78 is 5.91. The first-order valence-corrected chi connectivity index (χ1v) is 7.08. The number of fused-ring (bicyclic) bond motifs is 1. The third-order valence-electron chi connectivity index (χ3n) is 3.87. The second-order valence-electron chi connectivity index (χ2n) is 5.14. The monoisotopic (exact) mass is 265 g/mol. The number of para-hydroxylation sites is 1. The van der Waals surface area contributed by atoms with Gasteiger partial charge in [0, 0.05) is 11.3 Å². The minimum absolute atomic E-state index is 0.116. The number of rotatable bonds is 4. The molecule has 0 radical (unpaired) electrons. The van der Waals surface area contributed by atoms with Gasteiger partial charge in [-0.3, -0.25) is 0 Å². The fourth-order valence-electron chi connectivity index (χ4n) is 2.76. The van der Waals surface area contributed by atoms with Crippen molar-refractivity contribution < 1.29 is 4.42 Å². The predicted molar refractivity (Wildman–Crippen MR) is 82.6 cm³/mol. The second kappa shape index (κ2) is 5.51. The van der Waals surface area contributed by atoms with Gasteiger partial charge >= 0.3 is 0 Å². The minimum atomic E-state index is -0.116. The molecule has 0 saturated carbocycles. The van der Waals surface area contributed by atoms with Crippen molar-refractivity contribution in [1.29, 1.82) is 0 Å². The zero-order valence-electron chi connectivity index (χ0n) is 11.6. The Balaban J connectivity index is 1.95. The van der Waals surface area contributed by atoms with E-state index in [1.807, 2.05) is 24.3 Å². The Morgan fingerprint density at radius 3 is 2.40 bits per heavy atom. The van der Waals surface area contributed by atoms with Gasteiger partial charge in [-0.2, -0.15) is 0 Å². The van der Waals surface area contributed by atoms with Crippen LogP contribution in [0.25, 0.3) is 11.0 Å². The van der Waals surface area contributed by atoms with Crippen LogP contribution in [0.5, 0.6) is 0 Å². The second-order valence-corrected chi connectivity index (χ2v) is 5.14. The van der Waals surface area contributed by atoms with Crippen LogP contribution in [0, 0.1) is 0 Å². The highest BCUT2D eigenvalue weighted by Crippen LogP contribution is 2.34. The van der Waals surface area contributed by atoms with Crippen molar-refractivity contribution in [1.82, 2.24) is 0 Å². The molecule has 2 N–H and O–H groups in total. The van der Waals surface area contributed by atoms with Gasteiger partial charge in [-0.25, -0.2) is 0 Å². The summed E-state index contributed by atoms with van der Waals surface area (Å²) in [5, 5.41) is 1.11. The molecule has 3 rings (SSSR count). The summed E-state index contributed by atoms with van der Waals surface area (Å²) in [5.41, 5.74) is 8.62. The lowest BCUT2D eigenvalue weighted by Crippen LogP contribution is -2.18. The summed E-state index contributed by atoms with van der Waals surface area (Å²) in [6, 6.07) is 20.4. The van der Waals surface area contributed by atoms with Crippen LogP contribution in [0.15, 0.2) is 65.1 Å². The zero-order chi connectivity index (χ0) is 13.9. The third-order valence-corrected chi connectivity index (χ3v) is 3.87. The molecule has 0 fully saturated rings. The summed E-state index contributed by atoms with van der Waals surface area (Å²) in [4.78, 5) is 0. The van der Waals surface area contributed by atoms with E-state index in [1.165, 1.54) is 5.56 Å². The van der Waals surface area contributed by atoms with Crippen molar-refractivity contribution in [3.8, 4) is 0 Å². The van der Waals surface area contributed by atoms with E-state index in [0.29, 0.717) is 0 Å². The van der Waals surface area contributed by atoms with E-state index < -0.39 is 0 Å². The molecule has 0 spiro atoms. The number of furan rings is 1. The lowest BCUT2D eigenvalue weighted by molar-refractivity contribution is 0.436. The molecular weight excluding hydrogens is 246 g/mol. The average molecular weight is 265 g/mol. The quantitative estimate of drug-likeness (QED) is 0.747. The molecule has 0 saturated heterocycles. The highest BCUT2D eigenvalue weighted by molar-refractivity contribution is 5.77. The summed E-state index contributed by atoms with van der Waals surface area (Å²) >= 11 is 0. The lowest BCUT2D eigenvalue weighted by Gasteiger charge is -2.21. The number of hydrogen-bond acceptors (Lipinski definition) is 2. The van der Waals surface area contributed by atoms with Crippen molar-refractivity contribution in [2.75, 3.05) is 0 Å². The topological polar surface area (TPSA) is 39.2 Å². The number of benzene rings is 2. The number of nitrogens with two attached hydrogens (primary N) is 1. The Kier molecular flexibility index (Phi) is 3.57. The first-order chi connectivity index (χ1) is 9.79. The molecule has 0 bridgehead atoms. The fourth-order valence-corrected chi connectivity index (χ4v) is 2.76. The van der Waals surface area contributed by atoms with Crippen molar-refractivity contribution >= 4 is 11.0 Å². The van der Waals surface area contributed by atoms with Gasteiger partial charge in [-0.1, -0.05) is 55.5 Å². The highest BCUT2D eigenvalue weighted by Gasteiger charge is 2.22. The largest absolute Gasteiger partial charge is 0.459 e. The smallest absolute Gasteiger partial charge is 0.134 e. The first-order valence-electron chi connectivity index (χ1n) is 7.08. The Morgan fingerprint density at radius 1 is 1.00 bits per heavy atom. The van der Waals surface area contributed by atoms with E-state index in [0.717, 1.165) is 23.2 Å². The van der Waals surface area contributed by atoms with Gasteiger partial charge in [0.1, 0.15) is 11.3 Å². The van der Waals surface area contributed by atoms with Gasteiger partial charge in [0.2, 0.25) is 0 Å². The minimum Gasteiger partial charge on any atom is -0.459 e. The van der Waals surface area contributed by atoms with Crippen LogP contribution in [0.3, 0.4) is 0 Å². The molecule has 3 aromatic rings. The summed E-state index contributed by atoms with van der Waals surface area (Å²) in [5.74, 6) is 1.14. The van der Waals surface area contributed by atoms with Crippen LogP contribution >= 0.6 is 0 Å². The molecule has 0 aliphatic heterocycles. The van der Waals surface area contributed by atoms with E-state index in [4.69, 9.17) is 10.2 Å². The van der Waals surface area contributed by atoms with E-state index in [2.05, 4.69) is 43.3 Å². The third kappa shape index (κ3) is 2.35. The zero-order valence-corrected chi connectivity index (χ0v) is 11.6. The molecule has 1 heterocycles. The molecule has 2 aromatic carbocycles. The molecule has 0 aliphatic rings. The van der Waals surface area contributed by atoms with Crippen LogP contribution in [0.2, 0.25) is 0 Å². The van der Waals surface area contributed by atoms with E-state index >= 15 is 0 Å². The SMILES string of the molecule is CCC(c1ccccc1)C(N)c1cc2ccccc2o1. The predicted octanol–water partition coefficient (Wildman–Crippen LogP) is 4.63. The Labute approximate surface area is 119 Å². The van der Waals surface area contributed by atoms with Crippen molar-refractivity contribution in [3.05, 3.63) is 72.0 Å². The molecule has 2 unspecified atom stereocenters. The number of hydrogen-bond donors (Lipinski definition) is 1. The van der Waals surface area contributed by atoms with Gasteiger partial charge < -0.3 is 10.2 Å². The molecule has 1 aromatic heterocycles. The van der Waals surface area contributed by atoms with Gasteiger partial charge in [0.05, 0.1) is 6.04 Å². The van der Waals surface area contributed by atoms with Crippen molar-refractivity contribution in [2.45, 2.75) is 25.3 Å². The van der Waals surface area contributed by atoms with E-state index in [-0.39, 0.29) is 12.0 Å². The van der Waals surface area contributed by atoms with Crippen LogP contribution < -0.4 is 5.73 Å². The fraction of sp³-hybridized carbons (Fsp3) is 0.222. The Bertz CT molecular complexity index is 654. The van der Waals surface area contributed by atoms with Crippen LogP contribution in [-0.2, 0) is 0 Å². The molecular formula is C18H19NO. The summed E-state index contributed by atoms with van der Waals surface area (Å²) in [6.07, 6.45) is 0.988. The van der Waals surface area contributed by atoms with E-state index in [9.17, 15) is 0 Å². The van der Waals surface area contributed by atoms with Gasteiger partial charge in [0.25, 0.3) is 0 Å². The van der Waals surface area contributed by atoms with Crippen LogP contribution in [0.1, 0.15) is 36.6 Å². The van der Waals surface area contributed by atoms with Gasteiger partial charge in [-0.15, -0.1) is 0 Å². The molecule has 0 aliphatic carbocycles. The normalized spacial score (nSPS) is 14.3. The molecule has 0 amide bonds. The molecule has 2 atom stereocenters. The standard InChI is InChI=1S/C18H19NO/c1-2-15(13-8-4-3-5-9-13)18(19)17-12-14-10-6-7-11-16(14)20-17/h3-12,15,18H,2,19H2,1H3. The Hall–Kier alpha value is -2.06. The molecule has 102 valence electrons. The molecule has 20 heavy (non-hydrogen) atoms. The molecule has 2 heteroatoms. The van der Waals surface area contributed by atoms with Gasteiger partial charge in [0.15, 0.2) is 0 Å². The van der Waals surface area contributed by atoms with Crippen molar-refractivity contribution in [3.63, 3.8) is 0 Å². The van der Waals surface area contributed by atoms with Crippen LogP contribution in [0.4, 0.5) is 0 Å². The van der Waals surface area contributed by atoms with E-state index in [1.54, 1.807) is 0 Å². The highest BCUT2D eigenvalue weighted by atomic mass is 16.3. The lowest BCUT2D eigenvalue weighted by atomic mass is 9.88. The maximum Gasteiger partial charge on any atom is 0.134 e. The van der Waals surface area contributed by atoms with Crippen molar-refractivity contribution in [2.24, 2.45) is 5.73 Å². The molecule has 2 nitrogen and oxygen atoms in total. The Morgan fingerprint density at radius 2 is 1.70 bits per heavy atom. The van der Waals surface area contributed by atoms with Gasteiger partial charge in [-0.05, 0) is 24.1 Å².